The molecule has 0 saturated carbocycles. The normalized spacial score (nSPS) is 15.8. The van der Waals surface area contributed by atoms with E-state index in [1.165, 1.54) is 30.0 Å². The number of amides is 1. The van der Waals surface area contributed by atoms with Gasteiger partial charge in [-0.05, 0) is 30.2 Å². The molecule has 1 heterocycles. The fourth-order valence-corrected chi connectivity index (χ4v) is 2.49. The number of nitrogens with zero attached hydrogens (tertiary/aromatic N) is 1. The molecule has 0 fully saturated rings. The van der Waals surface area contributed by atoms with Crippen LogP contribution in [-0.2, 0) is 11.0 Å². The van der Waals surface area contributed by atoms with Gasteiger partial charge in [-0.25, -0.2) is 0 Å². The Bertz CT molecular complexity index is 591. The van der Waals surface area contributed by atoms with E-state index in [4.69, 9.17) is 0 Å². The van der Waals surface area contributed by atoms with E-state index >= 15 is 0 Å². The van der Waals surface area contributed by atoms with Gasteiger partial charge in [0, 0.05) is 11.8 Å². The highest BCUT2D eigenvalue weighted by Gasteiger charge is 2.29. The van der Waals surface area contributed by atoms with Crippen LogP contribution in [0, 0.1) is 0 Å². The van der Waals surface area contributed by atoms with E-state index in [2.05, 4.69) is 10.3 Å². The molecule has 0 radical (unpaired) electrons. The summed E-state index contributed by atoms with van der Waals surface area (Å²) in [7, 11) is 0. The molecule has 112 valence electrons. The molecule has 0 spiro atoms. The smallest absolute Gasteiger partial charge is 0.302 e. The van der Waals surface area contributed by atoms with Gasteiger partial charge in [0.2, 0.25) is 5.91 Å². The third kappa shape index (κ3) is 4.35. The maximum absolute atomic E-state index is 12.5. The van der Waals surface area contributed by atoms with Gasteiger partial charge in [0.05, 0.1) is 12.1 Å². The number of hydrogen-bond acceptors (Lipinski definition) is 3. The molecule has 1 aromatic rings. The third-order valence-corrected chi connectivity index (χ3v) is 3.72. The highest BCUT2D eigenvalue weighted by molar-refractivity contribution is 8.14. The Kier molecular flexibility index (Phi) is 4.72. The van der Waals surface area contributed by atoms with E-state index in [-0.39, 0.29) is 5.91 Å². The first-order valence-corrected chi connectivity index (χ1v) is 7.19. The van der Waals surface area contributed by atoms with Gasteiger partial charge in [-0.1, -0.05) is 23.9 Å². The van der Waals surface area contributed by atoms with Gasteiger partial charge in [-0.3, -0.25) is 9.79 Å². The molecule has 0 unspecified atom stereocenters. The molecule has 1 amide bonds. The van der Waals surface area contributed by atoms with Gasteiger partial charge in [-0.2, -0.15) is 13.2 Å². The number of benzene rings is 1. The first kappa shape index (κ1) is 15.6. The number of nitrogens with one attached hydrogen (secondary N) is 1. The van der Waals surface area contributed by atoms with Crippen LogP contribution in [0.1, 0.15) is 18.1 Å². The third-order valence-electron chi connectivity index (χ3n) is 2.83. The van der Waals surface area contributed by atoms with Crippen LogP contribution in [0.3, 0.4) is 0 Å². The Morgan fingerprint density at radius 3 is 2.52 bits per heavy atom. The van der Waals surface area contributed by atoms with Crippen LogP contribution in [0.2, 0.25) is 0 Å². The predicted octanol–water partition coefficient (Wildman–Crippen LogP) is 3.33. The summed E-state index contributed by atoms with van der Waals surface area (Å²) in [6.07, 6.45) is -3.00. The van der Waals surface area contributed by atoms with Crippen LogP contribution in [0.5, 0.6) is 0 Å². The molecule has 1 aliphatic rings. The van der Waals surface area contributed by atoms with E-state index in [1.54, 1.807) is 6.92 Å². The maximum atomic E-state index is 12.5. The molecule has 2 rings (SSSR count). The van der Waals surface area contributed by atoms with Crippen molar-refractivity contribution in [2.24, 2.45) is 4.99 Å². The van der Waals surface area contributed by atoms with Crippen molar-refractivity contribution in [1.82, 2.24) is 5.32 Å². The quantitative estimate of drug-likeness (QED) is 0.851. The zero-order valence-corrected chi connectivity index (χ0v) is 12.0. The van der Waals surface area contributed by atoms with Gasteiger partial charge in [0.1, 0.15) is 0 Å². The highest BCUT2D eigenvalue weighted by Crippen LogP contribution is 2.29. The van der Waals surface area contributed by atoms with Gasteiger partial charge in [0.25, 0.3) is 0 Å². The number of amidine groups is 1. The zero-order valence-electron chi connectivity index (χ0n) is 11.2. The van der Waals surface area contributed by atoms with Crippen molar-refractivity contribution >= 4 is 28.4 Å². The molecule has 0 bridgehead atoms. The van der Waals surface area contributed by atoms with Crippen molar-refractivity contribution in [3.05, 3.63) is 41.5 Å². The monoisotopic (exact) mass is 314 g/mol. The van der Waals surface area contributed by atoms with Crippen molar-refractivity contribution in [3.63, 3.8) is 0 Å². The lowest BCUT2D eigenvalue weighted by Crippen LogP contribution is -2.25. The van der Waals surface area contributed by atoms with Crippen molar-refractivity contribution in [2.45, 2.75) is 13.1 Å². The molecule has 1 N–H and O–H groups in total. The summed E-state index contributed by atoms with van der Waals surface area (Å²) in [5.41, 5.74) is 0.448. The van der Waals surface area contributed by atoms with Crippen molar-refractivity contribution < 1.29 is 18.0 Å². The summed E-state index contributed by atoms with van der Waals surface area (Å²) < 4.78 is 37.4. The SMILES string of the molecule is C/C(=C\C(=O)NC1=NCCS1)c1ccc(C(F)(F)F)cc1. The van der Waals surface area contributed by atoms with Crippen LogP contribution in [-0.4, -0.2) is 23.4 Å². The number of carbonyl (C=O) groups excluding carboxylic acids is 1. The topological polar surface area (TPSA) is 41.5 Å². The second kappa shape index (κ2) is 6.34. The second-order valence-corrected chi connectivity index (χ2v) is 5.51. The number of alkyl halides is 3. The summed E-state index contributed by atoms with van der Waals surface area (Å²) in [5, 5.41) is 3.21. The van der Waals surface area contributed by atoms with Crippen molar-refractivity contribution in [1.29, 1.82) is 0 Å². The Morgan fingerprint density at radius 2 is 2.00 bits per heavy atom. The van der Waals surface area contributed by atoms with Gasteiger partial charge in [-0.15, -0.1) is 0 Å². The fraction of sp³-hybridized carbons (Fsp3) is 0.286. The van der Waals surface area contributed by atoms with E-state index in [1.807, 2.05) is 0 Å². The Morgan fingerprint density at radius 1 is 1.33 bits per heavy atom. The number of aliphatic imine (C=N–C) groups is 1. The second-order valence-electron chi connectivity index (χ2n) is 4.43. The van der Waals surface area contributed by atoms with E-state index < -0.39 is 11.7 Å². The minimum Gasteiger partial charge on any atom is -0.302 e. The van der Waals surface area contributed by atoms with Crippen LogP contribution in [0.25, 0.3) is 5.57 Å². The molecular formula is C14H13F3N2OS. The van der Waals surface area contributed by atoms with Crippen LogP contribution >= 0.6 is 11.8 Å². The van der Waals surface area contributed by atoms with E-state index in [9.17, 15) is 18.0 Å². The Balaban J connectivity index is 2.06. The fourth-order valence-electron chi connectivity index (χ4n) is 1.75. The molecule has 0 aromatic heterocycles. The number of allylic oxidation sites excluding steroid dienone is 1. The average molecular weight is 314 g/mol. The van der Waals surface area contributed by atoms with Crippen molar-refractivity contribution in [3.8, 4) is 0 Å². The standard InChI is InChI=1S/C14H13F3N2OS/c1-9(8-12(20)19-13-18-6-7-21-13)10-2-4-11(5-3-10)14(15,16)17/h2-5,8H,6-7H2,1H3,(H,18,19,20)/b9-8+. The molecule has 1 aliphatic heterocycles. The lowest BCUT2D eigenvalue weighted by atomic mass is 10.0. The first-order chi connectivity index (χ1) is 9.86. The van der Waals surface area contributed by atoms with E-state index in [0.717, 1.165) is 17.9 Å². The molecule has 1 aromatic carbocycles. The number of rotatable bonds is 2. The largest absolute Gasteiger partial charge is 0.416 e. The van der Waals surface area contributed by atoms with Gasteiger partial charge in [0.15, 0.2) is 5.17 Å². The van der Waals surface area contributed by atoms with Crippen molar-refractivity contribution in [2.75, 3.05) is 12.3 Å². The van der Waals surface area contributed by atoms with E-state index in [0.29, 0.717) is 22.8 Å². The summed E-state index contributed by atoms with van der Waals surface area (Å²) in [6.45, 7) is 2.35. The number of carbonyl (C=O) groups is 1. The Hall–Kier alpha value is -1.76. The van der Waals surface area contributed by atoms with Crippen LogP contribution in [0.4, 0.5) is 13.2 Å². The minimum atomic E-state index is -4.36. The molecule has 0 atom stereocenters. The highest BCUT2D eigenvalue weighted by atomic mass is 32.2. The lowest BCUT2D eigenvalue weighted by Gasteiger charge is -2.08. The summed E-state index contributed by atoms with van der Waals surface area (Å²) in [6, 6.07) is 4.70. The molecular weight excluding hydrogens is 301 g/mol. The lowest BCUT2D eigenvalue weighted by molar-refractivity contribution is -0.137. The van der Waals surface area contributed by atoms with Gasteiger partial charge < -0.3 is 5.32 Å². The average Bonchev–Trinajstić information content (AvgIpc) is 2.90. The molecule has 7 heteroatoms. The minimum absolute atomic E-state index is 0.333. The Labute approximate surface area is 124 Å². The molecule has 3 nitrogen and oxygen atoms in total. The molecule has 0 saturated heterocycles. The van der Waals surface area contributed by atoms with Gasteiger partial charge >= 0.3 is 6.18 Å². The number of halogens is 3. The van der Waals surface area contributed by atoms with Crippen LogP contribution < -0.4 is 5.32 Å². The first-order valence-electron chi connectivity index (χ1n) is 6.20. The molecule has 0 aliphatic carbocycles. The zero-order chi connectivity index (χ0) is 15.5. The predicted molar refractivity (Wildman–Crippen MR) is 78.0 cm³/mol. The number of thioether (sulfide) groups is 1. The molecule has 21 heavy (non-hydrogen) atoms. The van der Waals surface area contributed by atoms with Crippen LogP contribution in [0.15, 0.2) is 35.3 Å². The number of hydrogen-bond donors (Lipinski definition) is 1. The maximum Gasteiger partial charge on any atom is 0.416 e. The summed E-state index contributed by atoms with van der Waals surface area (Å²) >= 11 is 1.46. The summed E-state index contributed by atoms with van der Waals surface area (Å²) in [4.78, 5) is 15.8. The summed E-state index contributed by atoms with van der Waals surface area (Å²) in [5.74, 6) is 0.512.